The lowest BCUT2D eigenvalue weighted by atomic mass is 10.2. The Morgan fingerprint density at radius 2 is 1.96 bits per heavy atom. The van der Waals surface area contributed by atoms with Gasteiger partial charge in [-0.3, -0.25) is 4.79 Å². The van der Waals surface area contributed by atoms with Gasteiger partial charge in [-0.15, -0.1) is 0 Å². The third kappa shape index (κ3) is 6.12. The molecule has 0 radical (unpaired) electrons. The molecule has 0 unspecified atom stereocenters. The van der Waals surface area contributed by atoms with Crippen molar-refractivity contribution in [3.63, 3.8) is 0 Å². The molecular weight excluding hydrogens is 378 g/mol. The summed E-state index contributed by atoms with van der Waals surface area (Å²) in [5, 5.41) is 13.8. The van der Waals surface area contributed by atoms with Crippen molar-refractivity contribution < 1.29 is 19.5 Å². The molecule has 150 valence electrons. The Balaban J connectivity index is 1.39. The number of halogens is 1. The number of aliphatic hydroxyl groups excluding tert-OH is 1. The lowest BCUT2D eigenvalue weighted by Crippen LogP contribution is -3.16. The molecule has 1 amide bonds. The topological polar surface area (TPSA) is 66.2 Å². The molecule has 7 heteroatoms. The zero-order valence-electron chi connectivity index (χ0n) is 16.0. The summed E-state index contributed by atoms with van der Waals surface area (Å²) in [4.78, 5) is 14.7. The van der Waals surface area contributed by atoms with Crippen LogP contribution in [-0.2, 0) is 4.79 Å². The summed E-state index contributed by atoms with van der Waals surface area (Å²) in [5.74, 6) is 0.566. The normalized spacial score (nSPS) is 15.9. The highest BCUT2D eigenvalue weighted by Crippen LogP contribution is 2.19. The smallest absolute Gasteiger partial charge is 0.221 e. The van der Waals surface area contributed by atoms with E-state index in [4.69, 9.17) is 16.3 Å². The van der Waals surface area contributed by atoms with E-state index in [1.165, 1.54) is 11.8 Å². The number of hydrogen-bond donors (Lipinski definition) is 3. The molecule has 6 nitrogen and oxygen atoms in total. The molecule has 1 heterocycles. The number of benzene rings is 2. The Morgan fingerprint density at radius 1 is 1.25 bits per heavy atom. The van der Waals surface area contributed by atoms with Gasteiger partial charge in [0.15, 0.2) is 0 Å². The van der Waals surface area contributed by atoms with Gasteiger partial charge in [-0.2, -0.15) is 0 Å². The highest BCUT2D eigenvalue weighted by Gasteiger charge is 2.23. The molecule has 0 bridgehead atoms. The Kier molecular flexibility index (Phi) is 7.14. The summed E-state index contributed by atoms with van der Waals surface area (Å²) in [6.45, 7) is 6.19. The largest absolute Gasteiger partial charge is 0.491 e. The van der Waals surface area contributed by atoms with Crippen LogP contribution in [0.15, 0.2) is 48.5 Å². The van der Waals surface area contributed by atoms with E-state index in [1.807, 2.05) is 18.2 Å². The number of quaternary nitrogens is 1. The number of hydrogen-bond acceptors (Lipinski definition) is 4. The van der Waals surface area contributed by atoms with Crippen LogP contribution in [0.2, 0.25) is 5.02 Å². The molecule has 3 N–H and O–H groups in total. The lowest BCUT2D eigenvalue weighted by molar-refractivity contribution is -0.903. The lowest BCUT2D eigenvalue weighted by Gasteiger charge is -2.34. The van der Waals surface area contributed by atoms with Crippen molar-refractivity contribution in [2.75, 3.05) is 49.5 Å². The van der Waals surface area contributed by atoms with Crippen LogP contribution in [0.25, 0.3) is 0 Å². The van der Waals surface area contributed by atoms with Crippen LogP contribution in [0.4, 0.5) is 11.4 Å². The van der Waals surface area contributed by atoms with E-state index in [0.717, 1.165) is 42.6 Å². The van der Waals surface area contributed by atoms with Crippen LogP contribution in [0, 0.1) is 0 Å². The van der Waals surface area contributed by atoms with E-state index >= 15 is 0 Å². The summed E-state index contributed by atoms with van der Waals surface area (Å²) >= 11 is 6.08. The number of carbonyl (C=O) groups excluding carboxylic acids is 1. The molecule has 0 saturated carbocycles. The fraction of sp³-hybridized carbons (Fsp3) is 0.381. The molecule has 1 atom stereocenters. The number of ether oxygens (including phenoxy) is 1. The molecule has 3 rings (SSSR count). The van der Waals surface area contributed by atoms with Gasteiger partial charge in [-0.05, 0) is 42.5 Å². The maximum Gasteiger partial charge on any atom is 0.221 e. The van der Waals surface area contributed by atoms with Crippen LogP contribution >= 0.6 is 11.6 Å². The fourth-order valence-corrected chi connectivity index (χ4v) is 3.56. The molecule has 2 aromatic rings. The summed E-state index contributed by atoms with van der Waals surface area (Å²) in [6.07, 6.45) is -0.525. The molecule has 1 fully saturated rings. The number of rotatable bonds is 7. The third-order valence-corrected chi connectivity index (χ3v) is 5.02. The molecule has 1 aliphatic heterocycles. The number of aliphatic hydroxyl groups is 1. The first-order valence-corrected chi connectivity index (χ1v) is 9.90. The van der Waals surface area contributed by atoms with Gasteiger partial charge in [-0.1, -0.05) is 17.7 Å². The predicted octanol–water partition coefficient (Wildman–Crippen LogP) is 1.44. The van der Waals surface area contributed by atoms with Gasteiger partial charge >= 0.3 is 0 Å². The second-order valence-corrected chi connectivity index (χ2v) is 7.53. The van der Waals surface area contributed by atoms with E-state index in [2.05, 4.69) is 16.3 Å². The minimum absolute atomic E-state index is 0.109. The first kappa shape index (κ1) is 20.5. The summed E-state index contributed by atoms with van der Waals surface area (Å²) < 4.78 is 5.67. The fourth-order valence-electron chi connectivity index (χ4n) is 3.38. The van der Waals surface area contributed by atoms with Crippen molar-refractivity contribution in [2.45, 2.75) is 13.0 Å². The van der Waals surface area contributed by atoms with Gasteiger partial charge in [0.05, 0.1) is 26.2 Å². The predicted molar refractivity (Wildman–Crippen MR) is 111 cm³/mol. The first-order chi connectivity index (χ1) is 13.5. The van der Waals surface area contributed by atoms with Crippen molar-refractivity contribution in [2.24, 2.45) is 0 Å². The maximum absolute atomic E-state index is 11.0. The molecule has 0 aliphatic carbocycles. The number of carbonyl (C=O) groups is 1. The molecular formula is C21H27ClN3O3+. The number of piperazine rings is 1. The second-order valence-electron chi connectivity index (χ2n) is 7.09. The molecule has 2 aromatic carbocycles. The van der Waals surface area contributed by atoms with Crippen LogP contribution in [0.5, 0.6) is 5.75 Å². The summed E-state index contributed by atoms with van der Waals surface area (Å²) in [6, 6.07) is 15.1. The Labute approximate surface area is 170 Å². The Bertz CT molecular complexity index is 777. The van der Waals surface area contributed by atoms with Crippen LogP contribution in [0.1, 0.15) is 6.92 Å². The summed E-state index contributed by atoms with van der Waals surface area (Å²) in [5.41, 5.74) is 1.88. The monoisotopic (exact) mass is 404 g/mol. The minimum Gasteiger partial charge on any atom is -0.491 e. The van der Waals surface area contributed by atoms with E-state index in [1.54, 1.807) is 24.3 Å². The highest BCUT2D eigenvalue weighted by atomic mass is 35.5. The number of anilines is 2. The molecule has 0 aromatic heterocycles. The SMILES string of the molecule is CC(=O)Nc1ccc(OC[C@@H](O)C[NH+]2CCN(c3cccc(Cl)c3)CC2)cc1. The van der Waals surface area contributed by atoms with Gasteiger partial charge in [0.1, 0.15) is 25.0 Å². The van der Waals surface area contributed by atoms with E-state index in [-0.39, 0.29) is 12.5 Å². The van der Waals surface area contributed by atoms with Crippen molar-refractivity contribution in [3.8, 4) is 5.75 Å². The van der Waals surface area contributed by atoms with E-state index < -0.39 is 6.10 Å². The maximum atomic E-state index is 11.0. The van der Waals surface area contributed by atoms with Gasteiger partial charge in [-0.25, -0.2) is 0 Å². The zero-order valence-corrected chi connectivity index (χ0v) is 16.8. The standard InChI is InChI=1S/C21H26ClN3O3/c1-16(26)23-18-5-7-21(8-6-18)28-15-20(27)14-24-9-11-25(12-10-24)19-4-2-3-17(22)13-19/h2-8,13,20,27H,9-12,14-15H2,1H3,(H,23,26)/p+1/t20-/m0/s1. The van der Waals surface area contributed by atoms with Gasteiger partial charge in [0, 0.05) is 23.3 Å². The average molecular weight is 405 g/mol. The quantitative estimate of drug-likeness (QED) is 0.653. The number of amides is 1. The molecule has 0 spiro atoms. The van der Waals surface area contributed by atoms with Gasteiger partial charge in [0.2, 0.25) is 5.91 Å². The second kappa shape index (κ2) is 9.78. The molecule has 1 saturated heterocycles. The number of nitrogens with one attached hydrogen (secondary N) is 2. The zero-order chi connectivity index (χ0) is 19.9. The Hall–Kier alpha value is -2.28. The van der Waals surface area contributed by atoms with E-state index in [9.17, 15) is 9.90 Å². The van der Waals surface area contributed by atoms with E-state index in [0.29, 0.717) is 12.3 Å². The van der Waals surface area contributed by atoms with Crippen molar-refractivity contribution in [1.29, 1.82) is 0 Å². The van der Waals surface area contributed by atoms with Crippen LogP contribution in [0.3, 0.4) is 0 Å². The summed E-state index contributed by atoms with van der Waals surface area (Å²) in [7, 11) is 0. The third-order valence-electron chi connectivity index (χ3n) is 4.79. The van der Waals surface area contributed by atoms with Crippen LogP contribution in [-0.4, -0.2) is 56.4 Å². The van der Waals surface area contributed by atoms with Gasteiger partial charge in [0.25, 0.3) is 0 Å². The molecule has 28 heavy (non-hydrogen) atoms. The highest BCUT2D eigenvalue weighted by molar-refractivity contribution is 6.30. The van der Waals surface area contributed by atoms with Crippen LogP contribution < -0.4 is 19.9 Å². The average Bonchev–Trinajstić information content (AvgIpc) is 2.68. The van der Waals surface area contributed by atoms with Crippen molar-refractivity contribution in [1.82, 2.24) is 0 Å². The van der Waals surface area contributed by atoms with Crippen molar-refractivity contribution >= 4 is 28.9 Å². The molecule has 1 aliphatic rings. The minimum atomic E-state index is -0.525. The Morgan fingerprint density at radius 3 is 2.61 bits per heavy atom. The van der Waals surface area contributed by atoms with Crippen molar-refractivity contribution in [3.05, 3.63) is 53.6 Å². The number of nitrogens with zero attached hydrogens (tertiary/aromatic N) is 1. The first-order valence-electron chi connectivity index (χ1n) is 9.52. The van der Waals surface area contributed by atoms with Gasteiger partial charge < -0.3 is 25.0 Å².